The van der Waals surface area contributed by atoms with Crippen LogP contribution >= 0.6 is 0 Å². The van der Waals surface area contributed by atoms with Gasteiger partial charge in [0.05, 0.1) is 0 Å². The first kappa shape index (κ1) is 6.53. The predicted octanol–water partition coefficient (Wildman–Crippen LogP) is 2.83. The summed E-state index contributed by atoms with van der Waals surface area (Å²) in [6, 6.07) is 0. The van der Waals surface area contributed by atoms with E-state index in [1.165, 1.54) is 0 Å². The van der Waals surface area contributed by atoms with E-state index in [-0.39, 0.29) is 5.83 Å². The molecule has 0 saturated heterocycles. The molecule has 0 saturated carbocycles. The molecule has 0 radical (unpaired) electrons. The third-order valence-corrected chi connectivity index (χ3v) is 1.58. The van der Waals surface area contributed by atoms with Crippen LogP contribution in [-0.4, -0.2) is 0 Å². The molecule has 0 N–H and O–H groups in total. The van der Waals surface area contributed by atoms with Gasteiger partial charge in [-0.05, 0) is 30.9 Å². The Balaban J connectivity index is 2.75. The van der Waals surface area contributed by atoms with Crippen molar-refractivity contribution in [2.75, 3.05) is 0 Å². The van der Waals surface area contributed by atoms with Crippen molar-refractivity contribution in [3.63, 3.8) is 0 Å². The summed E-state index contributed by atoms with van der Waals surface area (Å²) in [7, 11) is 0. The van der Waals surface area contributed by atoms with Crippen molar-refractivity contribution < 1.29 is 4.39 Å². The maximum absolute atomic E-state index is 12.5. The molecular formula is C8H11F. The van der Waals surface area contributed by atoms with Crippen molar-refractivity contribution in [2.24, 2.45) is 5.92 Å². The van der Waals surface area contributed by atoms with Crippen LogP contribution in [0.2, 0.25) is 0 Å². The van der Waals surface area contributed by atoms with Gasteiger partial charge in [0.2, 0.25) is 0 Å². The molecule has 1 aliphatic carbocycles. The summed E-state index contributed by atoms with van der Waals surface area (Å²) >= 11 is 0. The lowest BCUT2D eigenvalue weighted by Gasteiger charge is -2.10. The predicted molar refractivity (Wildman–Crippen MR) is 36.7 cm³/mol. The molecule has 1 aliphatic rings. The van der Waals surface area contributed by atoms with Crippen LogP contribution in [0.4, 0.5) is 4.39 Å². The zero-order valence-corrected chi connectivity index (χ0v) is 5.82. The van der Waals surface area contributed by atoms with E-state index in [0.29, 0.717) is 5.92 Å². The Bertz CT molecular complexity index is 165. The highest BCUT2D eigenvalue weighted by Crippen LogP contribution is 2.22. The fourth-order valence-corrected chi connectivity index (χ4v) is 1.02. The number of allylic oxidation sites excluding steroid dienone is 4. The van der Waals surface area contributed by atoms with E-state index in [0.717, 1.165) is 12.0 Å². The van der Waals surface area contributed by atoms with Crippen LogP contribution in [0, 0.1) is 5.92 Å². The van der Waals surface area contributed by atoms with Gasteiger partial charge in [0.15, 0.2) is 0 Å². The van der Waals surface area contributed by atoms with Gasteiger partial charge in [-0.15, -0.1) is 0 Å². The number of hydrogen-bond donors (Lipinski definition) is 0. The highest BCUT2D eigenvalue weighted by Gasteiger charge is 2.07. The van der Waals surface area contributed by atoms with Crippen molar-refractivity contribution in [3.05, 3.63) is 23.6 Å². The van der Waals surface area contributed by atoms with E-state index in [4.69, 9.17) is 0 Å². The molecule has 0 bridgehead atoms. The van der Waals surface area contributed by atoms with Gasteiger partial charge in [0, 0.05) is 0 Å². The first-order chi connectivity index (χ1) is 4.20. The fourth-order valence-electron chi connectivity index (χ4n) is 1.02. The normalized spacial score (nSPS) is 27.2. The summed E-state index contributed by atoms with van der Waals surface area (Å²) in [4.78, 5) is 0. The van der Waals surface area contributed by atoms with Crippen LogP contribution in [0.1, 0.15) is 20.3 Å². The third-order valence-electron chi connectivity index (χ3n) is 1.58. The molecule has 0 aromatic heterocycles. The topological polar surface area (TPSA) is 0 Å². The number of hydrogen-bond acceptors (Lipinski definition) is 0. The first-order valence-electron chi connectivity index (χ1n) is 3.24. The molecule has 0 aromatic carbocycles. The average molecular weight is 126 g/mol. The van der Waals surface area contributed by atoms with E-state index in [1.54, 1.807) is 6.08 Å². The summed E-state index contributed by atoms with van der Waals surface area (Å²) < 4.78 is 12.5. The highest BCUT2D eigenvalue weighted by molar-refractivity contribution is 5.27. The van der Waals surface area contributed by atoms with Crippen LogP contribution in [0.5, 0.6) is 0 Å². The molecule has 0 fully saturated rings. The molecule has 1 heteroatoms. The second-order valence-corrected chi connectivity index (χ2v) is 2.61. The summed E-state index contributed by atoms with van der Waals surface area (Å²) in [6.45, 7) is 3.90. The van der Waals surface area contributed by atoms with Crippen LogP contribution in [0.15, 0.2) is 23.6 Å². The van der Waals surface area contributed by atoms with Gasteiger partial charge in [-0.2, -0.15) is 0 Å². The minimum atomic E-state index is -0.0481. The minimum Gasteiger partial charge on any atom is -0.207 e. The quantitative estimate of drug-likeness (QED) is 0.468. The fraction of sp³-hybridized carbons (Fsp3) is 0.500. The summed E-state index contributed by atoms with van der Waals surface area (Å²) in [5, 5.41) is 0. The van der Waals surface area contributed by atoms with Crippen LogP contribution < -0.4 is 0 Å². The van der Waals surface area contributed by atoms with Crippen molar-refractivity contribution in [3.8, 4) is 0 Å². The largest absolute Gasteiger partial charge is 0.207 e. The van der Waals surface area contributed by atoms with Gasteiger partial charge in [-0.1, -0.05) is 13.0 Å². The molecule has 0 aromatic rings. The molecule has 50 valence electrons. The van der Waals surface area contributed by atoms with Crippen LogP contribution in [-0.2, 0) is 0 Å². The Morgan fingerprint density at radius 2 is 2.33 bits per heavy atom. The SMILES string of the molecule is CC1=C[C@@H](C)CC=C1F. The Kier molecular flexibility index (Phi) is 1.70. The zero-order valence-electron chi connectivity index (χ0n) is 5.82. The minimum absolute atomic E-state index is 0.0481. The van der Waals surface area contributed by atoms with Crippen molar-refractivity contribution in [2.45, 2.75) is 20.3 Å². The number of rotatable bonds is 0. The van der Waals surface area contributed by atoms with Crippen LogP contribution in [0.3, 0.4) is 0 Å². The van der Waals surface area contributed by atoms with Crippen molar-refractivity contribution in [1.82, 2.24) is 0 Å². The molecule has 9 heavy (non-hydrogen) atoms. The smallest absolute Gasteiger partial charge is 0.121 e. The van der Waals surface area contributed by atoms with Gasteiger partial charge in [0.25, 0.3) is 0 Å². The summed E-state index contributed by atoms with van der Waals surface area (Å²) in [5.74, 6) is 0.470. The highest BCUT2D eigenvalue weighted by atomic mass is 19.1. The number of halogens is 1. The molecule has 0 amide bonds. The van der Waals surface area contributed by atoms with Crippen molar-refractivity contribution >= 4 is 0 Å². The second kappa shape index (κ2) is 2.34. The first-order valence-corrected chi connectivity index (χ1v) is 3.24. The lowest BCUT2D eigenvalue weighted by atomic mass is 9.98. The van der Waals surface area contributed by atoms with Crippen molar-refractivity contribution in [1.29, 1.82) is 0 Å². The maximum atomic E-state index is 12.5. The van der Waals surface area contributed by atoms with E-state index in [9.17, 15) is 4.39 Å². The van der Waals surface area contributed by atoms with Crippen LogP contribution in [0.25, 0.3) is 0 Å². The Morgan fingerprint density at radius 1 is 1.67 bits per heavy atom. The van der Waals surface area contributed by atoms with E-state index >= 15 is 0 Å². The third kappa shape index (κ3) is 1.41. The molecule has 1 rings (SSSR count). The lowest BCUT2D eigenvalue weighted by molar-refractivity contribution is 0.607. The summed E-state index contributed by atoms with van der Waals surface area (Å²) in [5.41, 5.74) is 0.786. The summed E-state index contributed by atoms with van der Waals surface area (Å²) in [6.07, 6.45) is 4.47. The Labute approximate surface area is 55.1 Å². The van der Waals surface area contributed by atoms with E-state index in [2.05, 4.69) is 6.92 Å². The molecule has 1 atom stereocenters. The Hall–Kier alpha value is -0.590. The Morgan fingerprint density at radius 3 is 2.78 bits per heavy atom. The van der Waals surface area contributed by atoms with Gasteiger partial charge in [0.1, 0.15) is 5.83 Å². The maximum Gasteiger partial charge on any atom is 0.121 e. The standard InChI is InChI=1S/C8H11F/c1-6-3-4-8(9)7(2)5-6/h4-6H,3H2,1-2H3/t6-/m0/s1. The van der Waals surface area contributed by atoms with Gasteiger partial charge >= 0.3 is 0 Å². The van der Waals surface area contributed by atoms with Gasteiger partial charge in [-0.3, -0.25) is 0 Å². The zero-order chi connectivity index (χ0) is 6.85. The molecule has 0 spiro atoms. The second-order valence-electron chi connectivity index (χ2n) is 2.61. The molecular weight excluding hydrogens is 115 g/mol. The van der Waals surface area contributed by atoms with E-state index in [1.807, 2.05) is 13.0 Å². The van der Waals surface area contributed by atoms with Gasteiger partial charge in [-0.25, -0.2) is 4.39 Å². The molecule has 0 nitrogen and oxygen atoms in total. The molecule has 0 unspecified atom stereocenters. The lowest BCUT2D eigenvalue weighted by Crippen LogP contribution is -1.95. The average Bonchev–Trinajstić information content (AvgIpc) is 1.80. The van der Waals surface area contributed by atoms with E-state index < -0.39 is 0 Å². The molecule has 0 aliphatic heterocycles. The van der Waals surface area contributed by atoms with Gasteiger partial charge < -0.3 is 0 Å². The monoisotopic (exact) mass is 126 g/mol. The molecule has 0 heterocycles.